The van der Waals surface area contributed by atoms with Gasteiger partial charge in [-0.2, -0.15) is 5.26 Å². The molecule has 0 aliphatic carbocycles. The van der Waals surface area contributed by atoms with Crippen molar-refractivity contribution in [3.8, 4) is 6.07 Å². The minimum atomic E-state index is 0.320. The molecule has 1 rings (SSSR count). The zero-order valence-corrected chi connectivity index (χ0v) is 8.77. The standard InChI is InChI=1S/C12H16N2/c1-11(8-9-13)14(2)10-12-6-4-3-5-7-12/h3-7,11H,8,10H2,1-2H3. The van der Waals surface area contributed by atoms with E-state index in [0.717, 1.165) is 6.54 Å². The highest BCUT2D eigenvalue weighted by molar-refractivity contribution is 5.14. The van der Waals surface area contributed by atoms with Crippen LogP contribution in [0.3, 0.4) is 0 Å². The molecule has 0 heterocycles. The Morgan fingerprint density at radius 1 is 1.36 bits per heavy atom. The van der Waals surface area contributed by atoms with E-state index in [4.69, 9.17) is 5.26 Å². The van der Waals surface area contributed by atoms with Gasteiger partial charge in [-0.25, -0.2) is 0 Å². The molecule has 1 atom stereocenters. The van der Waals surface area contributed by atoms with Gasteiger partial charge < -0.3 is 0 Å². The van der Waals surface area contributed by atoms with E-state index in [1.807, 2.05) is 18.2 Å². The summed E-state index contributed by atoms with van der Waals surface area (Å²) in [7, 11) is 2.05. The molecule has 0 aliphatic heterocycles. The summed E-state index contributed by atoms with van der Waals surface area (Å²) in [6.45, 7) is 2.98. The van der Waals surface area contributed by atoms with E-state index in [1.54, 1.807) is 0 Å². The van der Waals surface area contributed by atoms with Crippen LogP contribution in [0.5, 0.6) is 0 Å². The second-order valence-corrected chi connectivity index (χ2v) is 3.61. The van der Waals surface area contributed by atoms with Gasteiger partial charge in [0.05, 0.1) is 12.5 Å². The molecule has 0 radical (unpaired) electrons. The summed E-state index contributed by atoms with van der Waals surface area (Å²) in [5.41, 5.74) is 1.29. The first-order chi connectivity index (χ1) is 6.74. The van der Waals surface area contributed by atoms with Gasteiger partial charge in [0.1, 0.15) is 0 Å². The van der Waals surface area contributed by atoms with Crippen LogP contribution in [0.1, 0.15) is 18.9 Å². The molecular weight excluding hydrogens is 172 g/mol. The number of benzene rings is 1. The van der Waals surface area contributed by atoms with Crippen molar-refractivity contribution in [3.05, 3.63) is 35.9 Å². The maximum atomic E-state index is 8.57. The molecule has 74 valence electrons. The third-order valence-corrected chi connectivity index (χ3v) is 2.41. The van der Waals surface area contributed by atoms with Crippen LogP contribution in [0.15, 0.2) is 30.3 Å². The summed E-state index contributed by atoms with van der Waals surface area (Å²) >= 11 is 0. The topological polar surface area (TPSA) is 27.0 Å². The summed E-state index contributed by atoms with van der Waals surface area (Å²) in [6.07, 6.45) is 0.587. The molecule has 1 unspecified atom stereocenters. The van der Waals surface area contributed by atoms with Crippen molar-refractivity contribution in [3.63, 3.8) is 0 Å². The lowest BCUT2D eigenvalue weighted by Gasteiger charge is -2.22. The van der Waals surface area contributed by atoms with Crippen molar-refractivity contribution in [2.75, 3.05) is 7.05 Å². The molecule has 0 amide bonds. The Labute approximate surface area is 85.8 Å². The Morgan fingerprint density at radius 3 is 2.57 bits per heavy atom. The van der Waals surface area contributed by atoms with E-state index in [0.29, 0.717) is 12.5 Å². The Hall–Kier alpha value is -1.33. The van der Waals surface area contributed by atoms with Gasteiger partial charge in [0.25, 0.3) is 0 Å². The van der Waals surface area contributed by atoms with Gasteiger partial charge >= 0.3 is 0 Å². The van der Waals surface area contributed by atoms with Crippen LogP contribution in [0, 0.1) is 11.3 Å². The fourth-order valence-corrected chi connectivity index (χ4v) is 1.32. The van der Waals surface area contributed by atoms with Crippen LogP contribution in [0.4, 0.5) is 0 Å². The summed E-state index contributed by atoms with van der Waals surface area (Å²) in [5, 5.41) is 8.57. The number of hydrogen-bond acceptors (Lipinski definition) is 2. The minimum Gasteiger partial charge on any atom is -0.298 e. The molecule has 0 N–H and O–H groups in total. The SMILES string of the molecule is CC(CC#N)N(C)Cc1ccccc1. The predicted molar refractivity (Wildman–Crippen MR) is 57.6 cm³/mol. The predicted octanol–water partition coefficient (Wildman–Crippen LogP) is 2.42. The zero-order valence-electron chi connectivity index (χ0n) is 8.77. The first-order valence-electron chi connectivity index (χ1n) is 4.85. The maximum absolute atomic E-state index is 8.57. The monoisotopic (exact) mass is 188 g/mol. The highest BCUT2D eigenvalue weighted by atomic mass is 15.1. The van der Waals surface area contributed by atoms with Crippen LogP contribution in [-0.2, 0) is 6.54 Å². The zero-order chi connectivity index (χ0) is 10.4. The number of nitrogens with zero attached hydrogens (tertiary/aromatic N) is 2. The second-order valence-electron chi connectivity index (χ2n) is 3.61. The molecule has 2 nitrogen and oxygen atoms in total. The van der Waals surface area contributed by atoms with E-state index in [1.165, 1.54) is 5.56 Å². The Kier molecular flexibility index (Phi) is 4.15. The molecule has 0 fully saturated rings. The van der Waals surface area contributed by atoms with Crippen molar-refractivity contribution < 1.29 is 0 Å². The molecule has 0 aliphatic rings. The van der Waals surface area contributed by atoms with Crippen LogP contribution >= 0.6 is 0 Å². The quantitative estimate of drug-likeness (QED) is 0.725. The van der Waals surface area contributed by atoms with Crippen molar-refractivity contribution in [2.45, 2.75) is 25.9 Å². The smallest absolute Gasteiger partial charge is 0.0638 e. The van der Waals surface area contributed by atoms with E-state index >= 15 is 0 Å². The van der Waals surface area contributed by atoms with E-state index in [2.05, 4.69) is 37.1 Å². The van der Waals surface area contributed by atoms with Gasteiger partial charge in [-0.15, -0.1) is 0 Å². The van der Waals surface area contributed by atoms with Gasteiger partial charge in [-0.3, -0.25) is 4.90 Å². The number of rotatable bonds is 4. The molecule has 1 aromatic carbocycles. The summed E-state index contributed by atoms with van der Waals surface area (Å²) < 4.78 is 0. The van der Waals surface area contributed by atoms with Crippen molar-refractivity contribution in [1.82, 2.24) is 4.90 Å². The fourth-order valence-electron chi connectivity index (χ4n) is 1.32. The largest absolute Gasteiger partial charge is 0.298 e. The van der Waals surface area contributed by atoms with Crippen molar-refractivity contribution in [2.24, 2.45) is 0 Å². The highest BCUT2D eigenvalue weighted by Gasteiger charge is 2.08. The van der Waals surface area contributed by atoms with Crippen LogP contribution in [-0.4, -0.2) is 18.0 Å². The molecule has 0 saturated heterocycles. The van der Waals surface area contributed by atoms with Crippen molar-refractivity contribution >= 4 is 0 Å². The highest BCUT2D eigenvalue weighted by Crippen LogP contribution is 2.07. The Morgan fingerprint density at radius 2 is 2.00 bits per heavy atom. The van der Waals surface area contributed by atoms with Crippen LogP contribution in [0.2, 0.25) is 0 Å². The lowest BCUT2D eigenvalue weighted by atomic mass is 10.1. The van der Waals surface area contributed by atoms with Crippen molar-refractivity contribution in [1.29, 1.82) is 5.26 Å². The lowest BCUT2D eigenvalue weighted by Crippen LogP contribution is -2.28. The summed E-state index contributed by atoms with van der Waals surface area (Å²) in [5.74, 6) is 0. The fraction of sp³-hybridized carbons (Fsp3) is 0.417. The molecule has 14 heavy (non-hydrogen) atoms. The first kappa shape index (κ1) is 10.7. The van der Waals surface area contributed by atoms with E-state index in [-0.39, 0.29) is 0 Å². The molecule has 1 aromatic rings. The van der Waals surface area contributed by atoms with Gasteiger partial charge in [0.15, 0.2) is 0 Å². The van der Waals surface area contributed by atoms with Crippen LogP contribution < -0.4 is 0 Å². The second kappa shape index (κ2) is 5.41. The first-order valence-corrected chi connectivity index (χ1v) is 4.85. The van der Waals surface area contributed by atoms with Crippen LogP contribution in [0.25, 0.3) is 0 Å². The molecule has 0 spiro atoms. The molecular formula is C12H16N2. The maximum Gasteiger partial charge on any atom is 0.0638 e. The Balaban J connectivity index is 2.49. The van der Waals surface area contributed by atoms with Gasteiger partial charge in [0.2, 0.25) is 0 Å². The lowest BCUT2D eigenvalue weighted by molar-refractivity contribution is 0.252. The average molecular weight is 188 g/mol. The van der Waals surface area contributed by atoms with Gasteiger partial charge in [-0.05, 0) is 19.5 Å². The van der Waals surface area contributed by atoms with E-state index in [9.17, 15) is 0 Å². The molecule has 2 heteroatoms. The third kappa shape index (κ3) is 3.20. The molecule has 0 bridgehead atoms. The van der Waals surface area contributed by atoms with Gasteiger partial charge in [0, 0.05) is 12.6 Å². The summed E-state index contributed by atoms with van der Waals surface area (Å²) in [4.78, 5) is 2.19. The minimum absolute atomic E-state index is 0.320. The summed E-state index contributed by atoms with van der Waals surface area (Å²) in [6, 6.07) is 12.8. The Bertz CT molecular complexity index is 300. The molecule has 0 saturated carbocycles. The normalized spacial score (nSPS) is 12.4. The third-order valence-electron chi connectivity index (χ3n) is 2.41. The average Bonchev–Trinajstić information content (AvgIpc) is 2.19. The molecule has 0 aromatic heterocycles. The van der Waals surface area contributed by atoms with E-state index < -0.39 is 0 Å². The number of hydrogen-bond donors (Lipinski definition) is 0. The van der Waals surface area contributed by atoms with Gasteiger partial charge in [-0.1, -0.05) is 30.3 Å². The number of nitriles is 1.